The Hall–Kier alpha value is -1.10. The fraction of sp³-hybridized carbons (Fsp3) is 0.833. The van der Waals surface area contributed by atoms with E-state index in [1.54, 1.807) is 20.8 Å². The molecule has 1 amide bonds. The summed E-state index contributed by atoms with van der Waals surface area (Å²) in [6.45, 7) is 7.26. The van der Waals surface area contributed by atoms with Gasteiger partial charge < -0.3 is 15.1 Å². The van der Waals surface area contributed by atoms with Gasteiger partial charge in [0, 0.05) is 17.9 Å². The highest BCUT2D eigenvalue weighted by Gasteiger charge is 2.47. The van der Waals surface area contributed by atoms with Gasteiger partial charge in [0.15, 0.2) is 0 Å². The number of carbonyl (C=O) groups excluding carboxylic acids is 1. The first-order chi connectivity index (χ1) is 7.72. The van der Waals surface area contributed by atoms with E-state index in [9.17, 15) is 14.7 Å². The van der Waals surface area contributed by atoms with E-state index in [0.29, 0.717) is 6.42 Å². The zero-order chi connectivity index (χ0) is 13.4. The van der Waals surface area contributed by atoms with Crippen LogP contribution in [0.1, 0.15) is 34.1 Å². The van der Waals surface area contributed by atoms with Crippen LogP contribution in [0.5, 0.6) is 0 Å². The van der Waals surface area contributed by atoms with Gasteiger partial charge >= 0.3 is 5.97 Å². The predicted octanol–water partition coefficient (Wildman–Crippen LogP) is 0.715. The number of hydrogen-bond acceptors (Lipinski definition) is 3. The molecule has 0 bridgehead atoms. The number of β-amino-alcohol motifs (C(OH)–C–C–N with tert-alkyl or cyclic N) is 1. The molecule has 1 rings (SSSR count). The van der Waals surface area contributed by atoms with E-state index in [4.69, 9.17) is 5.11 Å². The highest BCUT2D eigenvalue weighted by Crippen LogP contribution is 2.31. The normalized spacial score (nSPS) is 29.5. The standard InChI is InChI=1S/C12H21NO4/c1-5-12(3,4)11(17)13-6-8(14)7(2)9(13)10(15)16/h7-9,14H,5-6H2,1-4H3,(H,15,16)/t7-,8-,9+/m1/s1. The molecule has 5 heteroatoms. The lowest BCUT2D eigenvalue weighted by Crippen LogP contribution is -2.47. The maximum absolute atomic E-state index is 12.3. The third-order valence-electron chi connectivity index (χ3n) is 3.80. The summed E-state index contributed by atoms with van der Waals surface area (Å²) in [5.41, 5.74) is -0.586. The Morgan fingerprint density at radius 3 is 2.35 bits per heavy atom. The Morgan fingerprint density at radius 2 is 1.94 bits per heavy atom. The molecule has 0 radical (unpaired) electrons. The minimum atomic E-state index is -1.05. The van der Waals surface area contributed by atoms with Crippen LogP contribution in [0.25, 0.3) is 0 Å². The van der Waals surface area contributed by atoms with Crippen molar-refractivity contribution in [1.29, 1.82) is 0 Å². The Balaban J connectivity index is 2.97. The molecule has 0 saturated carbocycles. The van der Waals surface area contributed by atoms with Crippen molar-refractivity contribution in [2.75, 3.05) is 6.54 Å². The molecule has 0 aliphatic carbocycles. The molecule has 0 aromatic rings. The SMILES string of the molecule is CCC(C)(C)C(=O)N1C[C@@H](O)[C@@H](C)[C@H]1C(=O)O. The largest absolute Gasteiger partial charge is 0.480 e. The van der Waals surface area contributed by atoms with Crippen molar-refractivity contribution in [1.82, 2.24) is 4.90 Å². The third-order valence-corrected chi connectivity index (χ3v) is 3.80. The van der Waals surface area contributed by atoms with E-state index in [-0.39, 0.29) is 12.5 Å². The lowest BCUT2D eigenvalue weighted by atomic mass is 9.88. The second-order valence-corrected chi connectivity index (χ2v) is 5.40. The van der Waals surface area contributed by atoms with E-state index in [1.165, 1.54) is 4.90 Å². The molecule has 0 spiro atoms. The molecule has 5 nitrogen and oxygen atoms in total. The van der Waals surface area contributed by atoms with Gasteiger partial charge in [0.1, 0.15) is 6.04 Å². The minimum absolute atomic E-state index is 0.112. The number of likely N-dealkylation sites (tertiary alicyclic amines) is 1. The van der Waals surface area contributed by atoms with E-state index in [1.807, 2.05) is 6.92 Å². The zero-order valence-electron chi connectivity index (χ0n) is 10.8. The summed E-state index contributed by atoms with van der Waals surface area (Å²) in [6.07, 6.45) is -0.119. The average molecular weight is 243 g/mol. The molecule has 1 saturated heterocycles. The van der Waals surface area contributed by atoms with Crippen LogP contribution in [0.15, 0.2) is 0 Å². The van der Waals surface area contributed by atoms with Gasteiger partial charge in [-0.1, -0.05) is 27.7 Å². The van der Waals surface area contributed by atoms with Gasteiger partial charge in [0.2, 0.25) is 5.91 Å². The smallest absolute Gasteiger partial charge is 0.326 e. The van der Waals surface area contributed by atoms with E-state index >= 15 is 0 Å². The van der Waals surface area contributed by atoms with Gasteiger partial charge in [0.25, 0.3) is 0 Å². The second kappa shape index (κ2) is 4.64. The molecule has 2 N–H and O–H groups in total. The van der Waals surface area contributed by atoms with Gasteiger partial charge in [-0.05, 0) is 6.42 Å². The lowest BCUT2D eigenvalue weighted by Gasteiger charge is -2.31. The molecule has 3 atom stereocenters. The molecule has 1 heterocycles. The van der Waals surface area contributed by atoms with Gasteiger partial charge in [-0.3, -0.25) is 4.79 Å². The number of carbonyl (C=O) groups is 2. The fourth-order valence-corrected chi connectivity index (χ4v) is 2.08. The van der Waals surface area contributed by atoms with E-state index in [2.05, 4.69) is 0 Å². The number of aliphatic carboxylic acids is 1. The van der Waals surface area contributed by atoms with Gasteiger partial charge in [-0.25, -0.2) is 4.79 Å². The summed E-state index contributed by atoms with van der Waals surface area (Å²) in [5, 5.41) is 18.9. The van der Waals surface area contributed by atoms with Crippen molar-refractivity contribution in [2.45, 2.75) is 46.3 Å². The van der Waals surface area contributed by atoms with Gasteiger partial charge in [-0.15, -0.1) is 0 Å². The zero-order valence-corrected chi connectivity index (χ0v) is 10.8. The number of hydrogen-bond donors (Lipinski definition) is 2. The molecular weight excluding hydrogens is 222 g/mol. The number of aliphatic hydroxyl groups is 1. The number of nitrogens with zero attached hydrogens (tertiary/aromatic N) is 1. The fourth-order valence-electron chi connectivity index (χ4n) is 2.08. The Morgan fingerprint density at radius 1 is 1.41 bits per heavy atom. The van der Waals surface area contributed by atoms with Crippen molar-refractivity contribution in [2.24, 2.45) is 11.3 Å². The number of rotatable bonds is 3. The monoisotopic (exact) mass is 243 g/mol. The molecule has 0 aromatic carbocycles. The molecule has 0 aromatic heterocycles. The first kappa shape index (κ1) is 14.0. The highest BCUT2D eigenvalue weighted by molar-refractivity contribution is 5.88. The van der Waals surface area contributed by atoms with Crippen LogP contribution in [0.2, 0.25) is 0 Å². The van der Waals surface area contributed by atoms with E-state index in [0.717, 1.165) is 0 Å². The molecule has 98 valence electrons. The quantitative estimate of drug-likeness (QED) is 0.765. The summed E-state index contributed by atoms with van der Waals surface area (Å²) in [6, 6.07) is -0.914. The third kappa shape index (κ3) is 2.44. The summed E-state index contributed by atoms with van der Waals surface area (Å²) in [4.78, 5) is 24.7. The summed E-state index contributed by atoms with van der Waals surface area (Å²) < 4.78 is 0. The van der Waals surface area contributed by atoms with Crippen LogP contribution in [0.4, 0.5) is 0 Å². The van der Waals surface area contributed by atoms with Crippen molar-refractivity contribution < 1.29 is 19.8 Å². The van der Waals surface area contributed by atoms with Crippen LogP contribution in [-0.4, -0.2) is 45.7 Å². The number of carboxylic acids is 1. The van der Waals surface area contributed by atoms with Crippen molar-refractivity contribution in [3.05, 3.63) is 0 Å². The number of carboxylic acid groups (broad SMARTS) is 1. The van der Waals surface area contributed by atoms with Crippen LogP contribution < -0.4 is 0 Å². The maximum atomic E-state index is 12.3. The van der Waals surface area contributed by atoms with Crippen molar-refractivity contribution in [3.8, 4) is 0 Å². The van der Waals surface area contributed by atoms with Crippen LogP contribution in [-0.2, 0) is 9.59 Å². The summed E-state index contributed by atoms with van der Waals surface area (Å²) in [7, 11) is 0. The molecule has 1 aliphatic rings. The average Bonchev–Trinajstić information content (AvgIpc) is 2.54. The maximum Gasteiger partial charge on any atom is 0.326 e. The second-order valence-electron chi connectivity index (χ2n) is 5.40. The first-order valence-corrected chi connectivity index (χ1v) is 5.94. The molecular formula is C12H21NO4. The van der Waals surface area contributed by atoms with Crippen LogP contribution in [0, 0.1) is 11.3 Å². The van der Waals surface area contributed by atoms with Crippen molar-refractivity contribution in [3.63, 3.8) is 0 Å². The first-order valence-electron chi connectivity index (χ1n) is 5.94. The van der Waals surface area contributed by atoms with Gasteiger partial charge in [-0.2, -0.15) is 0 Å². The highest BCUT2D eigenvalue weighted by atomic mass is 16.4. The number of aliphatic hydroxyl groups excluding tert-OH is 1. The number of amides is 1. The molecule has 0 unspecified atom stereocenters. The molecule has 1 fully saturated rings. The summed E-state index contributed by atoms with van der Waals surface area (Å²) >= 11 is 0. The Bertz CT molecular complexity index is 326. The van der Waals surface area contributed by atoms with Crippen LogP contribution >= 0.6 is 0 Å². The minimum Gasteiger partial charge on any atom is -0.480 e. The van der Waals surface area contributed by atoms with Gasteiger partial charge in [0.05, 0.1) is 6.10 Å². The predicted molar refractivity (Wildman–Crippen MR) is 62.4 cm³/mol. The Kier molecular flexibility index (Phi) is 3.81. The van der Waals surface area contributed by atoms with E-state index < -0.39 is 29.4 Å². The summed E-state index contributed by atoms with van der Waals surface area (Å²) in [5.74, 6) is -1.67. The molecule has 17 heavy (non-hydrogen) atoms. The topological polar surface area (TPSA) is 77.8 Å². The van der Waals surface area contributed by atoms with Crippen LogP contribution in [0.3, 0.4) is 0 Å². The Labute approximate surface area is 101 Å². The lowest BCUT2D eigenvalue weighted by molar-refractivity contribution is -0.153. The van der Waals surface area contributed by atoms with Crippen molar-refractivity contribution >= 4 is 11.9 Å². The molecule has 1 aliphatic heterocycles.